The molecule has 0 radical (unpaired) electrons. The normalized spacial score (nSPS) is 13.5. The highest BCUT2D eigenvalue weighted by molar-refractivity contribution is 6.04. The predicted molar refractivity (Wildman–Crippen MR) is 126 cm³/mol. The lowest BCUT2D eigenvalue weighted by Gasteiger charge is -2.38. The first kappa shape index (κ1) is 23.6. The Kier molecular flexibility index (Phi) is 8.59. The Balaban J connectivity index is 0.00000320. The van der Waals surface area contributed by atoms with Crippen molar-refractivity contribution in [1.29, 1.82) is 0 Å². The molecule has 0 spiro atoms. The van der Waals surface area contributed by atoms with Crippen LogP contribution in [-0.4, -0.2) is 69.7 Å². The predicted octanol–water partition coefficient (Wildman–Crippen LogP) is 3.36. The van der Waals surface area contributed by atoms with Crippen LogP contribution in [0.5, 0.6) is 5.75 Å². The van der Waals surface area contributed by atoms with E-state index in [1.165, 1.54) is 0 Å². The Bertz CT molecular complexity index is 838. The number of para-hydroxylation sites is 2. The number of nitrogens with zero attached hydrogens (tertiary/aromatic N) is 4. The SMILES string of the molecule is CCCNc1ccnc(N2CCN(c3ccccc3OC)CC2)c1C(=O)N(C)C.Cl. The number of aromatic nitrogens is 1. The minimum absolute atomic E-state index is 0. The molecule has 2 aromatic rings. The lowest BCUT2D eigenvalue weighted by atomic mass is 10.1. The Hall–Kier alpha value is -2.67. The van der Waals surface area contributed by atoms with Crippen molar-refractivity contribution in [1.82, 2.24) is 9.88 Å². The van der Waals surface area contributed by atoms with Crippen molar-refractivity contribution in [3.63, 3.8) is 0 Å². The number of hydrogen-bond acceptors (Lipinski definition) is 6. The summed E-state index contributed by atoms with van der Waals surface area (Å²) in [6.07, 6.45) is 2.77. The molecule has 1 amide bonds. The number of ether oxygens (including phenoxy) is 1. The summed E-state index contributed by atoms with van der Waals surface area (Å²) >= 11 is 0. The molecule has 8 heteroatoms. The van der Waals surface area contributed by atoms with Gasteiger partial charge in [0.05, 0.1) is 18.5 Å². The van der Waals surface area contributed by atoms with Crippen LogP contribution in [0.15, 0.2) is 36.5 Å². The van der Waals surface area contributed by atoms with Crippen LogP contribution in [0, 0.1) is 0 Å². The van der Waals surface area contributed by atoms with E-state index in [2.05, 4.69) is 33.1 Å². The summed E-state index contributed by atoms with van der Waals surface area (Å²) in [6, 6.07) is 9.98. The van der Waals surface area contributed by atoms with Crippen LogP contribution >= 0.6 is 12.4 Å². The molecule has 0 saturated carbocycles. The molecule has 0 aliphatic carbocycles. The number of carbonyl (C=O) groups excluding carboxylic acids is 1. The van der Waals surface area contributed by atoms with Crippen molar-refractivity contribution >= 4 is 35.5 Å². The van der Waals surface area contributed by atoms with E-state index in [0.717, 1.165) is 62.1 Å². The van der Waals surface area contributed by atoms with Crippen LogP contribution in [0.25, 0.3) is 0 Å². The average Bonchev–Trinajstić information content (AvgIpc) is 2.76. The maximum absolute atomic E-state index is 13.0. The van der Waals surface area contributed by atoms with Crippen LogP contribution in [0.2, 0.25) is 0 Å². The lowest BCUT2D eigenvalue weighted by molar-refractivity contribution is 0.0828. The number of halogens is 1. The smallest absolute Gasteiger partial charge is 0.259 e. The van der Waals surface area contributed by atoms with E-state index in [9.17, 15) is 4.79 Å². The summed E-state index contributed by atoms with van der Waals surface area (Å²) in [7, 11) is 5.26. The summed E-state index contributed by atoms with van der Waals surface area (Å²) in [4.78, 5) is 23.7. The molecular formula is C22H32ClN5O2. The van der Waals surface area contributed by atoms with E-state index in [1.807, 2.05) is 24.3 Å². The quantitative estimate of drug-likeness (QED) is 0.722. The van der Waals surface area contributed by atoms with Gasteiger partial charge in [0.25, 0.3) is 5.91 Å². The topological polar surface area (TPSA) is 60.9 Å². The summed E-state index contributed by atoms with van der Waals surface area (Å²) in [5.41, 5.74) is 2.60. The van der Waals surface area contributed by atoms with Gasteiger partial charge in [-0.2, -0.15) is 0 Å². The summed E-state index contributed by atoms with van der Waals surface area (Å²) in [6.45, 7) is 6.18. The molecule has 1 saturated heterocycles. The molecular weight excluding hydrogens is 402 g/mol. The number of amides is 1. The summed E-state index contributed by atoms with van der Waals surface area (Å²) < 4.78 is 5.51. The second kappa shape index (κ2) is 10.9. The highest BCUT2D eigenvalue weighted by atomic mass is 35.5. The number of hydrogen-bond donors (Lipinski definition) is 1. The van der Waals surface area contributed by atoms with Gasteiger partial charge in [-0.05, 0) is 24.6 Å². The Morgan fingerprint density at radius 2 is 1.80 bits per heavy atom. The highest BCUT2D eigenvalue weighted by Gasteiger charge is 2.26. The van der Waals surface area contributed by atoms with E-state index < -0.39 is 0 Å². The van der Waals surface area contributed by atoms with E-state index in [0.29, 0.717) is 5.56 Å². The second-order valence-electron chi connectivity index (χ2n) is 7.33. The van der Waals surface area contributed by atoms with Crippen LogP contribution in [0.1, 0.15) is 23.7 Å². The largest absolute Gasteiger partial charge is 0.495 e. The fraction of sp³-hybridized carbons (Fsp3) is 0.455. The van der Waals surface area contributed by atoms with Gasteiger partial charge in [0.1, 0.15) is 17.1 Å². The molecule has 3 rings (SSSR count). The van der Waals surface area contributed by atoms with Crippen molar-refractivity contribution in [3.05, 3.63) is 42.1 Å². The fourth-order valence-corrected chi connectivity index (χ4v) is 3.58. The van der Waals surface area contributed by atoms with Gasteiger partial charge in [-0.15, -0.1) is 12.4 Å². The maximum Gasteiger partial charge on any atom is 0.259 e. The molecule has 1 aromatic carbocycles. The molecule has 1 aromatic heterocycles. The molecule has 7 nitrogen and oxygen atoms in total. The number of pyridine rings is 1. The van der Waals surface area contributed by atoms with Gasteiger partial charge in [0, 0.05) is 53.0 Å². The molecule has 0 atom stereocenters. The second-order valence-corrected chi connectivity index (χ2v) is 7.33. The van der Waals surface area contributed by atoms with Crippen molar-refractivity contribution in [2.24, 2.45) is 0 Å². The van der Waals surface area contributed by atoms with Crippen LogP contribution < -0.4 is 19.9 Å². The number of methoxy groups -OCH3 is 1. The van der Waals surface area contributed by atoms with Gasteiger partial charge < -0.3 is 24.8 Å². The van der Waals surface area contributed by atoms with Gasteiger partial charge in [0.15, 0.2) is 0 Å². The van der Waals surface area contributed by atoms with Crippen molar-refractivity contribution in [3.8, 4) is 5.75 Å². The highest BCUT2D eigenvalue weighted by Crippen LogP contribution is 2.31. The number of carbonyl (C=O) groups is 1. The first-order chi connectivity index (χ1) is 14.1. The zero-order valence-electron chi connectivity index (χ0n) is 18.2. The van der Waals surface area contributed by atoms with Crippen LogP contribution in [0.3, 0.4) is 0 Å². The average molecular weight is 434 g/mol. The van der Waals surface area contributed by atoms with Crippen molar-refractivity contribution in [2.45, 2.75) is 13.3 Å². The number of anilines is 3. The summed E-state index contributed by atoms with van der Waals surface area (Å²) in [5.74, 6) is 1.61. The molecule has 1 N–H and O–H groups in total. The minimum atomic E-state index is -0.0288. The molecule has 1 aliphatic rings. The van der Waals surface area contributed by atoms with E-state index in [1.54, 1.807) is 32.3 Å². The minimum Gasteiger partial charge on any atom is -0.495 e. The number of piperazine rings is 1. The Morgan fingerprint density at radius 3 is 2.43 bits per heavy atom. The van der Waals surface area contributed by atoms with Crippen LogP contribution in [0.4, 0.5) is 17.2 Å². The number of benzene rings is 1. The molecule has 0 unspecified atom stereocenters. The third-order valence-corrected chi connectivity index (χ3v) is 5.12. The molecule has 164 valence electrons. The molecule has 1 fully saturated rings. The Morgan fingerprint density at radius 1 is 1.13 bits per heavy atom. The fourth-order valence-electron chi connectivity index (χ4n) is 3.58. The van der Waals surface area contributed by atoms with Gasteiger partial charge in [0.2, 0.25) is 0 Å². The van der Waals surface area contributed by atoms with Gasteiger partial charge >= 0.3 is 0 Å². The first-order valence-electron chi connectivity index (χ1n) is 10.1. The maximum atomic E-state index is 13.0. The number of rotatable bonds is 7. The van der Waals surface area contributed by atoms with Gasteiger partial charge in [-0.3, -0.25) is 4.79 Å². The molecule has 2 heterocycles. The van der Waals surface area contributed by atoms with Crippen LogP contribution in [-0.2, 0) is 0 Å². The third-order valence-electron chi connectivity index (χ3n) is 5.12. The van der Waals surface area contributed by atoms with E-state index in [4.69, 9.17) is 4.74 Å². The monoisotopic (exact) mass is 433 g/mol. The van der Waals surface area contributed by atoms with Crippen molar-refractivity contribution < 1.29 is 9.53 Å². The number of nitrogens with one attached hydrogen (secondary N) is 1. The van der Waals surface area contributed by atoms with E-state index >= 15 is 0 Å². The van der Waals surface area contributed by atoms with Gasteiger partial charge in [-0.25, -0.2) is 4.98 Å². The first-order valence-corrected chi connectivity index (χ1v) is 10.1. The third kappa shape index (κ3) is 5.08. The molecule has 30 heavy (non-hydrogen) atoms. The Labute approximate surface area is 185 Å². The molecule has 1 aliphatic heterocycles. The zero-order chi connectivity index (χ0) is 20.8. The van der Waals surface area contributed by atoms with Crippen molar-refractivity contribution in [2.75, 3.05) is 69.0 Å². The van der Waals surface area contributed by atoms with Gasteiger partial charge in [-0.1, -0.05) is 19.1 Å². The lowest BCUT2D eigenvalue weighted by Crippen LogP contribution is -2.47. The zero-order valence-corrected chi connectivity index (χ0v) is 19.0. The summed E-state index contributed by atoms with van der Waals surface area (Å²) in [5, 5.41) is 3.39. The standard InChI is InChI=1S/C22H31N5O2.ClH/c1-5-11-23-17-10-12-24-21(20(17)22(28)25(2)3)27-15-13-26(14-16-27)18-8-6-7-9-19(18)29-4;/h6-10,12H,5,11,13-16H2,1-4H3,(H,23,24);1H. The van der Waals surface area contributed by atoms with E-state index in [-0.39, 0.29) is 18.3 Å². The molecule has 0 bridgehead atoms.